The molecule has 0 amide bonds. The Morgan fingerprint density at radius 3 is 2.71 bits per heavy atom. The molecule has 1 heterocycles. The predicted molar refractivity (Wildman–Crippen MR) is 79.9 cm³/mol. The van der Waals surface area contributed by atoms with Crippen LogP contribution in [0.5, 0.6) is 5.75 Å². The molecule has 1 unspecified atom stereocenters. The Bertz CT molecular complexity index is 632. The molecule has 21 heavy (non-hydrogen) atoms. The summed E-state index contributed by atoms with van der Waals surface area (Å²) in [5.41, 5.74) is 2.23. The topological polar surface area (TPSA) is 29.5 Å². The van der Waals surface area contributed by atoms with Gasteiger partial charge in [-0.25, -0.2) is 4.39 Å². The molecule has 110 valence electrons. The van der Waals surface area contributed by atoms with Crippen LogP contribution in [0.4, 0.5) is 4.39 Å². The lowest BCUT2D eigenvalue weighted by molar-refractivity contribution is 0.0480. The van der Waals surface area contributed by atoms with E-state index in [1.165, 1.54) is 23.3 Å². The smallest absolute Gasteiger partial charge is 0.123 e. The fourth-order valence-corrected chi connectivity index (χ4v) is 2.74. The minimum atomic E-state index is -0.955. The molecule has 0 radical (unpaired) electrons. The first-order valence-electron chi connectivity index (χ1n) is 7.28. The zero-order valence-electron chi connectivity index (χ0n) is 12.1. The molecule has 2 aromatic carbocycles. The zero-order valence-corrected chi connectivity index (χ0v) is 12.1. The molecule has 0 saturated heterocycles. The van der Waals surface area contributed by atoms with E-state index in [0.717, 1.165) is 30.8 Å². The summed E-state index contributed by atoms with van der Waals surface area (Å²) in [5.74, 6) is 0.692. The largest absolute Gasteiger partial charge is 0.493 e. The molecule has 0 aliphatic carbocycles. The molecule has 3 heteroatoms. The maximum Gasteiger partial charge on any atom is 0.123 e. The predicted octanol–water partition coefficient (Wildman–Crippen LogP) is 3.60. The van der Waals surface area contributed by atoms with Gasteiger partial charge in [-0.3, -0.25) is 0 Å². The number of aliphatic hydroxyl groups is 1. The van der Waals surface area contributed by atoms with E-state index in [9.17, 15) is 9.50 Å². The van der Waals surface area contributed by atoms with Gasteiger partial charge in [0, 0.05) is 6.42 Å². The van der Waals surface area contributed by atoms with Crippen LogP contribution in [0.25, 0.3) is 0 Å². The Morgan fingerprint density at radius 1 is 1.19 bits per heavy atom. The van der Waals surface area contributed by atoms with Crippen LogP contribution in [-0.2, 0) is 18.4 Å². The highest BCUT2D eigenvalue weighted by molar-refractivity contribution is 5.40. The van der Waals surface area contributed by atoms with Gasteiger partial charge in [-0.1, -0.05) is 24.3 Å². The molecule has 2 aromatic rings. The molecule has 0 spiro atoms. The summed E-state index contributed by atoms with van der Waals surface area (Å²) in [6, 6.07) is 12.3. The van der Waals surface area contributed by atoms with E-state index >= 15 is 0 Å². The van der Waals surface area contributed by atoms with Crippen molar-refractivity contribution in [2.45, 2.75) is 31.8 Å². The lowest BCUT2D eigenvalue weighted by atomic mass is 9.89. The number of hydrogen-bond donors (Lipinski definition) is 1. The SMILES string of the molecule is CC(O)(CCc1ccc2c(c1)CCO2)c1ccc(F)cc1. The second kappa shape index (κ2) is 5.49. The van der Waals surface area contributed by atoms with Crippen molar-refractivity contribution in [1.29, 1.82) is 0 Å². The van der Waals surface area contributed by atoms with Crippen molar-refractivity contribution in [3.63, 3.8) is 0 Å². The Hall–Kier alpha value is -1.87. The third-order valence-corrected chi connectivity index (χ3v) is 4.12. The van der Waals surface area contributed by atoms with Crippen LogP contribution in [0.1, 0.15) is 30.0 Å². The van der Waals surface area contributed by atoms with Crippen molar-refractivity contribution in [2.75, 3.05) is 6.61 Å². The second-order valence-electron chi connectivity index (χ2n) is 5.82. The number of ether oxygens (including phenoxy) is 1. The molecule has 0 fully saturated rings. The van der Waals surface area contributed by atoms with Crippen molar-refractivity contribution < 1.29 is 14.2 Å². The van der Waals surface area contributed by atoms with E-state index < -0.39 is 5.60 Å². The summed E-state index contributed by atoms with van der Waals surface area (Å²) < 4.78 is 18.5. The third kappa shape index (κ3) is 3.08. The van der Waals surface area contributed by atoms with Gasteiger partial charge in [0.15, 0.2) is 0 Å². The molecule has 0 aromatic heterocycles. The average molecular weight is 286 g/mol. The van der Waals surface area contributed by atoms with Crippen LogP contribution in [-0.4, -0.2) is 11.7 Å². The summed E-state index contributed by atoms with van der Waals surface area (Å²) in [7, 11) is 0. The van der Waals surface area contributed by atoms with Crippen molar-refractivity contribution >= 4 is 0 Å². The number of hydrogen-bond acceptors (Lipinski definition) is 2. The van der Waals surface area contributed by atoms with E-state index in [-0.39, 0.29) is 5.82 Å². The van der Waals surface area contributed by atoms with E-state index in [4.69, 9.17) is 4.74 Å². The monoisotopic (exact) mass is 286 g/mol. The van der Waals surface area contributed by atoms with Gasteiger partial charge < -0.3 is 9.84 Å². The van der Waals surface area contributed by atoms with Gasteiger partial charge >= 0.3 is 0 Å². The number of aryl methyl sites for hydroxylation is 1. The first-order chi connectivity index (χ1) is 10.0. The highest BCUT2D eigenvalue weighted by atomic mass is 19.1. The van der Waals surface area contributed by atoms with E-state index in [1.54, 1.807) is 19.1 Å². The molecule has 1 N–H and O–H groups in total. The Labute approximate surface area is 124 Å². The number of benzene rings is 2. The van der Waals surface area contributed by atoms with Crippen LogP contribution in [0.15, 0.2) is 42.5 Å². The van der Waals surface area contributed by atoms with Crippen LogP contribution in [0, 0.1) is 5.82 Å². The summed E-state index contributed by atoms with van der Waals surface area (Å²) in [5, 5.41) is 10.6. The zero-order chi connectivity index (χ0) is 14.9. The van der Waals surface area contributed by atoms with Gasteiger partial charge in [-0.2, -0.15) is 0 Å². The Morgan fingerprint density at radius 2 is 1.95 bits per heavy atom. The summed E-state index contributed by atoms with van der Waals surface area (Å²) in [6.45, 7) is 2.53. The minimum Gasteiger partial charge on any atom is -0.493 e. The third-order valence-electron chi connectivity index (χ3n) is 4.12. The fourth-order valence-electron chi connectivity index (χ4n) is 2.74. The number of halogens is 1. The van der Waals surface area contributed by atoms with Crippen molar-refractivity contribution in [3.8, 4) is 5.75 Å². The maximum atomic E-state index is 13.0. The second-order valence-corrected chi connectivity index (χ2v) is 5.82. The molecule has 0 saturated carbocycles. The summed E-state index contributed by atoms with van der Waals surface area (Å²) in [6.07, 6.45) is 2.33. The van der Waals surface area contributed by atoms with Crippen molar-refractivity contribution in [1.82, 2.24) is 0 Å². The summed E-state index contributed by atoms with van der Waals surface area (Å²) >= 11 is 0. The van der Waals surface area contributed by atoms with Crippen LogP contribution in [0.3, 0.4) is 0 Å². The van der Waals surface area contributed by atoms with Gasteiger partial charge in [0.1, 0.15) is 11.6 Å². The Balaban J connectivity index is 1.70. The van der Waals surface area contributed by atoms with E-state index in [2.05, 4.69) is 6.07 Å². The van der Waals surface area contributed by atoms with E-state index in [1.807, 2.05) is 12.1 Å². The van der Waals surface area contributed by atoms with Gasteiger partial charge in [-0.05, 0) is 54.7 Å². The Kier molecular flexibility index (Phi) is 3.68. The van der Waals surface area contributed by atoms with Gasteiger partial charge in [0.2, 0.25) is 0 Å². The molecule has 1 aliphatic rings. The standard InChI is InChI=1S/C18H19FO2/c1-18(20,15-3-5-16(19)6-4-15)10-8-13-2-7-17-14(12-13)9-11-21-17/h2-7,12,20H,8-11H2,1H3. The fraction of sp³-hybridized carbons (Fsp3) is 0.333. The molecule has 0 bridgehead atoms. The summed E-state index contributed by atoms with van der Waals surface area (Å²) in [4.78, 5) is 0. The molecule has 1 aliphatic heterocycles. The first kappa shape index (κ1) is 14.1. The van der Waals surface area contributed by atoms with Crippen LogP contribution < -0.4 is 4.74 Å². The lowest BCUT2D eigenvalue weighted by Gasteiger charge is -2.24. The molecule has 1 atom stereocenters. The average Bonchev–Trinajstić information content (AvgIpc) is 2.93. The normalized spacial score (nSPS) is 16.1. The molecule has 3 rings (SSSR count). The first-order valence-corrected chi connectivity index (χ1v) is 7.28. The van der Waals surface area contributed by atoms with Crippen LogP contribution in [0.2, 0.25) is 0 Å². The molecule has 2 nitrogen and oxygen atoms in total. The highest BCUT2D eigenvalue weighted by Gasteiger charge is 2.23. The number of fused-ring (bicyclic) bond motifs is 1. The van der Waals surface area contributed by atoms with Crippen molar-refractivity contribution in [3.05, 3.63) is 65.0 Å². The minimum absolute atomic E-state index is 0.284. The highest BCUT2D eigenvalue weighted by Crippen LogP contribution is 2.29. The molecular formula is C18H19FO2. The quantitative estimate of drug-likeness (QED) is 0.930. The van der Waals surface area contributed by atoms with Crippen molar-refractivity contribution in [2.24, 2.45) is 0 Å². The van der Waals surface area contributed by atoms with Gasteiger partial charge in [-0.15, -0.1) is 0 Å². The van der Waals surface area contributed by atoms with Gasteiger partial charge in [0.05, 0.1) is 12.2 Å². The lowest BCUT2D eigenvalue weighted by Crippen LogP contribution is -2.22. The van der Waals surface area contributed by atoms with E-state index in [0.29, 0.717) is 6.42 Å². The van der Waals surface area contributed by atoms with Crippen LogP contribution >= 0.6 is 0 Å². The van der Waals surface area contributed by atoms with Gasteiger partial charge in [0.25, 0.3) is 0 Å². The number of rotatable bonds is 4. The molecular weight excluding hydrogens is 267 g/mol. The maximum absolute atomic E-state index is 13.0.